The van der Waals surface area contributed by atoms with Gasteiger partial charge in [0.15, 0.2) is 0 Å². The van der Waals surface area contributed by atoms with Crippen LogP contribution in [0.3, 0.4) is 0 Å². The highest BCUT2D eigenvalue weighted by atomic mass is 16.4. The van der Waals surface area contributed by atoms with Crippen molar-refractivity contribution in [1.82, 2.24) is 10.6 Å². The van der Waals surface area contributed by atoms with Gasteiger partial charge >= 0.3 is 18.0 Å². The van der Waals surface area contributed by atoms with Crippen molar-refractivity contribution in [2.24, 2.45) is 10.8 Å². The first kappa shape index (κ1) is 16.0. The monoisotopic (exact) mass is 284 g/mol. The lowest BCUT2D eigenvalue weighted by molar-refractivity contribution is -0.154. The average Bonchev–Trinajstić information content (AvgIpc) is 2.80. The van der Waals surface area contributed by atoms with E-state index < -0.39 is 22.8 Å². The molecule has 0 aromatic carbocycles. The lowest BCUT2D eigenvalue weighted by Crippen LogP contribution is -2.39. The van der Waals surface area contributed by atoms with Gasteiger partial charge in [0.25, 0.3) is 0 Å². The summed E-state index contributed by atoms with van der Waals surface area (Å²) in [5.74, 6) is -1.91. The number of carboxylic acids is 2. The van der Waals surface area contributed by atoms with Crippen molar-refractivity contribution in [1.29, 1.82) is 0 Å². The summed E-state index contributed by atoms with van der Waals surface area (Å²) in [6, 6.07) is -0.0463. The van der Waals surface area contributed by atoms with Gasteiger partial charge in [-0.25, -0.2) is 4.79 Å². The molecule has 1 saturated heterocycles. The predicted octanol–water partition coefficient (Wildman–Crippen LogP) is 0.817. The minimum atomic E-state index is -1.05. The van der Waals surface area contributed by atoms with Crippen LogP contribution in [0.1, 0.15) is 26.7 Å². The van der Waals surface area contributed by atoms with Crippen LogP contribution in [0.2, 0.25) is 0 Å². The van der Waals surface area contributed by atoms with E-state index >= 15 is 0 Å². The molecule has 1 aliphatic carbocycles. The van der Waals surface area contributed by atoms with E-state index in [4.69, 9.17) is 10.2 Å². The summed E-state index contributed by atoms with van der Waals surface area (Å²) >= 11 is 0. The number of carbonyl (C=O) groups excluding carboxylic acids is 1. The molecule has 4 N–H and O–H groups in total. The van der Waals surface area contributed by atoms with Crippen LogP contribution in [-0.2, 0) is 9.59 Å². The summed E-state index contributed by atoms with van der Waals surface area (Å²) in [6.07, 6.45) is 3.76. The molecule has 0 saturated carbocycles. The van der Waals surface area contributed by atoms with Crippen molar-refractivity contribution < 1.29 is 24.6 Å². The van der Waals surface area contributed by atoms with E-state index in [-0.39, 0.29) is 12.5 Å². The number of hydrogen-bond acceptors (Lipinski definition) is 3. The topological polar surface area (TPSA) is 116 Å². The number of allylic oxidation sites excluding steroid dienone is 1. The van der Waals surface area contributed by atoms with E-state index in [1.165, 1.54) is 0 Å². The number of rotatable bonds is 2. The Balaban J connectivity index is 0.000000276. The molecular weight excluding hydrogens is 264 g/mol. The second-order valence-electron chi connectivity index (χ2n) is 5.55. The Bertz CT molecular complexity index is 440. The summed E-state index contributed by atoms with van der Waals surface area (Å²) in [6.45, 7) is 4.68. The van der Waals surface area contributed by atoms with E-state index in [1.807, 2.05) is 0 Å². The number of carboxylic acid groups (broad SMARTS) is 2. The lowest BCUT2D eigenvalue weighted by Gasteiger charge is -2.35. The van der Waals surface area contributed by atoms with Crippen LogP contribution in [0.15, 0.2) is 12.2 Å². The highest BCUT2D eigenvalue weighted by molar-refractivity contribution is 5.81. The smallest absolute Gasteiger partial charge is 0.314 e. The fourth-order valence-corrected chi connectivity index (χ4v) is 2.25. The first-order valence-corrected chi connectivity index (χ1v) is 6.36. The third kappa shape index (κ3) is 3.72. The molecule has 0 aromatic heterocycles. The van der Waals surface area contributed by atoms with Crippen LogP contribution < -0.4 is 10.6 Å². The second kappa shape index (κ2) is 5.94. The maximum atomic E-state index is 11.0. The molecule has 0 spiro atoms. The summed E-state index contributed by atoms with van der Waals surface area (Å²) in [7, 11) is 0. The number of urea groups is 1. The van der Waals surface area contributed by atoms with Gasteiger partial charge in [0, 0.05) is 13.1 Å². The number of aliphatic carboxylic acids is 2. The minimum absolute atomic E-state index is 0.0463. The van der Waals surface area contributed by atoms with Gasteiger partial charge in [-0.05, 0) is 26.7 Å². The van der Waals surface area contributed by atoms with Crippen molar-refractivity contribution >= 4 is 18.0 Å². The molecule has 1 fully saturated rings. The molecule has 2 amide bonds. The van der Waals surface area contributed by atoms with Crippen LogP contribution in [0.25, 0.3) is 0 Å². The molecule has 7 heteroatoms. The zero-order chi connectivity index (χ0) is 15.4. The first-order chi connectivity index (χ1) is 9.19. The van der Waals surface area contributed by atoms with Crippen LogP contribution in [0.5, 0.6) is 0 Å². The summed E-state index contributed by atoms with van der Waals surface area (Å²) in [5, 5.41) is 23.1. The second-order valence-corrected chi connectivity index (χ2v) is 5.55. The quantitative estimate of drug-likeness (QED) is 0.560. The van der Waals surface area contributed by atoms with Crippen molar-refractivity contribution in [3.8, 4) is 0 Å². The zero-order valence-electron chi connectivity index (χ0n) is 11.6. The molecule has 2 atom stereocenters. The van der Waals surface area contributed by atoms with Crippen LogP contribution >= 0.6 is 0 Å². The van der Waals surface area contributed by atoms with Crippen LogP contribution in [0, 0.1) is 10.8 Å². The standard InChI is InChI=1S/C10H14O4.C3H6N2O/c1-9(7(11)12)4-3-5-10(2,6-9)8(13)14;6-3-4-1-2-5-3/h3-4H,5-6H2,1-2H3,(H,11,12)(H,13,14);1-2H2,(H2,4,5,6). The molecule has 1 aliphatic heterocycles. The zero-order valence-corrected chi connectivity index (χ0v) is 11.6. The van der Waals surface area contributed by atoms with E-state index in [0.29, 0.717) is 6.42 Å². The Hall–Kier alpha value is -2.05. The Morgan fingerprint density at radius 2 is 1.70 bits per heavy atom. The lowest BCUT2D eigenvalue weighted by atomic mass is 9.67. The number of amides is 2. The average molecular weight is 284 g/mol. The van der Waals surface area contributed by atoms with Crippen molar-refractivity contribution in [3.63, 3.8) is 0 Å². The van der Waals surface area contributed by atoms with Crippen LogP contribution in [0.4, 0.5) is 4.79 Å². The molecule has 1 heterocycles. The van der Waals surface area contributed by atoms with Crippen molar-refractivity contribution in [2.75, 3.05) is 13.1 Å². The Labute approximate surface area is 117 Å². The Morgan fingerprint density at radius 3 is 2.05 bits per heavy atom. The molecule has 0 bridgehead atoms. The van der Waals surface area contributed by atoms with E-state index in [0.717, 1.165) is 13.1 Å². The number of nitrogens with one attached hydrogen (secondary N) is 2. The predicted molar refractivity (Wildman–Crippen MR) is 71.3 cm³/mol. The van der Waals surface area contributed by atoms with Crippen molar-refractivity contribution in [2.45, 2.75) is 26.7 Å². The normalized spacial score (nSPS) is 31.6. The number of hydrogen-bond donors (Lipinski definition) is 4. The molecule has 112 valence electrons. The largest absolute Gasteiger partial charge is 0.481 e. The van der Waals surface area contributed by atoms with Gasteiger partial charge in [-0.1, -0.05) is 12.2 Å². The van der Waals surface area contributed by atoms with E-state index in [2.05, 4.69) is 10.6 Å². The van der Waals surface area contributed by atoms with Gasteiger partial charge < -0.3 is 20.8 Å². The van der Waals surface area contributed by atoms with E-state index in [9.17, 15) is 14.4 Å². The van der Waals surface area contributed by atoms with Crippen molar-refractivity contribution in [3.05, 3.63) is 12.2 Å². The molecule has 2 unspecified atom stereocenters. The third-order valence-corrected chi connectivity index (χ3v) is 3.51. The SMILES string of the molecule is CC1(C(=O)O)C=CCC(C)(C(=O)O)C1.O=C1NCCN1. The Morgan fingerprint density at radius 1 is 1.15 bits per heavy atom. The highest BCUT2D eigenvalue weighted by Crippen LogP contribution is 2.42. The van der Waals surface area contributed by atoms with Gasteiger partial charge in [0.2, 0.25) is 0 Å². The first-order valence-electron chi connectivity index (χ1n) is 6.36. The fourth-order valence-electron chi connectivity index (χ4n) is 2.25. The molecule has 0 radical (unpaired) electrons. The summed E-state index contributed by atoms with van der Waals surface area (Å²) in [5.41, 5.74) is -2.01. The molecule has 2 rings (SSSR count). The van der Waals surface area contributed by atoms with Gasteiger partial charge in [-0.2, -0.15) is 0 Å². The van der Waals surface area contributed by atoms with Gasteiger partial charge in [0.05, 0.1) is 10.8 Å². The molecule has 2 aliphatic rings. The maximum Gasteiger partial charge on any atom is 0.314 e. The third-order valence-electron chi connectivity index (χ3n) is 3.51. The van der Waals surface area contributed by atoms with E-state index in [1.54, 1.807) is 26.0 Å². The molecule has 0 aromatic rings. The fraction of sp³-hybridized carbons (Fsp3) is 0.615. The summed E-state index contributed by atoms with van der Waals surface area (Å²) in [4.78, 5) is 31.9. The maximum absolute atomic E-state index is 11.0. The highest BCUT2D eigenvalue weighted by Gasteiger charge is 2.45. The Kier molecular flexibility index (Phi) is 4.75. The van der Waals surface area contributed by atoms with Gasteiger partial charge in [-0.15, -0.1) is 0 Å². The van der Waals surface area contributed by atoms with Gasteiger partial charge in [-0.3, -0.25) is 9.59 Å². The molecule has 7 nitrogen and oxygen atoms in total. The van der Waals surface area contributed by atoms with Gasteiger partial charge in [0.1, 0.15) is 0 Å². The van der Waals surface area contributed by atoms with Crippen LogP contribution in [-0.4, -0.2) is 41.3 Å². The number of carbonyl (C=O) groups is 3. The molecular formula is C13H20N2O5. The molecule has 20 heavy (non-hydrogen) atoms. The summed E-state index contributed by atoms with van der Waals surface area (Å²) < 4.78 is 0. The minimum Gasteiger partial charge on any atom is -0.481 e.